The number of hydrogen-bond donors (Lipinski definition) is 1. The minimum absolute atomic E-state index is 0.0469. The number of hydrogen-bond acceptors (Lipinski definition) is 3. The Balaban J connectivity index is 2.25. The van der Waals surface area contributed by atoms with Gasteiger partial charge in [-0.25, -0.2) is 4.39 Å². The monoisotopic (exact) mass is 328 g/mol. The highest BCUT2D eigenvalue weighted by Crippen LogP contribution is 2.32. The second kappa shape index (κ2) is 6.28. The van der Waals surface area contributed by atoms with E-state index in [1.54, 1.807) is 19.1 Å². The first kappa shape index (κ1) is 15.5. The van der Waals surface area contributed by atoms with Crippen LogP contribution in [0, 0.1) is 22.9 Å². The Bertz CT molecular complexity index is 684. The maximum absolute atomic E-state index is 13.1. The fraction of sp³-hybridized carbons (Fsp3) is 0.143. The lowest BCUT2D eigenvalue weighted by atomic mass is 10.1. The van der Waals surface area contributed by atoms with E-state index in [-0.39, 0.29) is 15.7 Å². The normalized spacial score (nSPS) is 10.5. The fourth-order valence-corrected chi connectivity index (χ4v) is 2.55. The summed E-state index contributed by atoms with van der Waals surface area (Å²) in [7, 11) is 0. The Kier molecular flexibility index (Phi) is 4.65. The van der Waals surface area contributed by atoms with Crippen LogP contribution in [0.15, 0.2) is 30.3 Å². The Labute approximate surface area is 130 Å². The average Bonchev–Trinajstić information content (AvgIpc) is 2.38. The molecule has 2 aromatic carbocycles. The Morgan fingerprint density at radius 2 is 1.90 bits per heavy atom. The number of anilines is 1. The molecule has 0 spiro atoms. The number of benzene rings is 2. The lowest BCUT2D eigenvalue weighted by molar-refractivity contribution is -0.385. The van der Waals surface area contributed by atoms with Gasteiger partial charge >= 0.3 is 0 Å². The van der Waals surface area contributed by atoms with Crippen molar-refractivity contribution in [1.82, 2.24) is 0 Å². The largest absolute Gasteiger partial charge is 0.379 e. The maximum Gasteiger partial charge on any atom is 0.272 e. The van der Waals surface area contributed by atoms with Crippen molar-refractivity contribution in [2.24, 2.45) is 0 Å². The second-order valence-corrected chi connectivity index (χ2v) is 5.23. The van der Waals surface area contributed by atoms with Crippen molar-refractivity contribution >= 4 is 34.6 Å². The van der Waals surface area contributed by atoms with Gasteiger partial charge < -0.3 is 5.32 Å². The van der Waals surface area contributed by atoms with Gasteiger partial charge in [-0.05, 0) is 24.6 Å². The van der Waals surface area contributed by atoms with Crippen LogP contribution in [0.25, 0.3) is 0 Å². The molecule has 2 rings (SSSR count). The van der Waals surface area contributed by atoms with Gasteiger partial charge in [0.2, 0.25) is 0 Å². The van der Waals surface area contributed by atoms with E-state index in [0.717, 1.165) is 17.7 Å². The van der Waals surface area contributed by atoms with Crippen LogP contribution in [0.4, 0.5) is 15.8 Å². The molecule has 0 fully saturated rings. The summed E-state index contributed by atoms with van der Waals surface area (Å²) < 4.78 is 13.1. The minimum Gasteiger partial charge on any atom is -0.379 e. The van der Waals surface area contributed by atoms with Crippen LogP contribution in [0.2, 0.25) is 10.0 Å². The van der Waals surface area contributed by atoms with Crippen molar-refractivity contribution in [1.29, 1.82) is 0 Å². The molecule has 0 aromatic heterocycles. The number of nitro benzene ring substituents is 1. The molecule has 21 heavy (non-hydrogen) atoms. The molecular weight excluding hydrogens is 318 g/mol. The molecule has 2 aromatic rings. The molecule has 0 heterocycles. The molecule has 0 radical (unpaired) electrons. The zero-order valence-corrected chi connectivity index (χ0v) is 12.5. The summed E-state index contributed by atoms with van der Waals surface area (Å²) in [6.45, 7) is 1.96. The predicted molar refractivity (Wildman–Crippen MR) is 81.6 cm³/mol. The number of nitrogens with zero attached hydrogens (tertiary/aromatic N) is 1. The Hall–Kier alpha value is -1.85. The summed E-state index contributed by atoms with van der Waals surface area (Å²) >= 11 is 11.9. The zero-order chi connectivity index (χ0) is 15.6. The molecule has 0 amide bonds. The van der Waals surface area contributed by atoms with Crippen molar-refractivity contribution in [2.45, 2.75) is 13.5 Å². The van der Waals surface area contributed by atoms with E-state index in [1.807, 2.05) is 0 Å². The molecule has 4 nitrogen and oxygen atoms in total. The van der Waals surface area contributed by atoms with Gasteiger partial charge in [-0.3, -0.25) is 10.1 Å². The van der Waals surface area contributed by atoms with Crippen molar-refractivity contribution < 1.29 is 9.31 Å². The third kappa shape index (κ3) is 3.43. The summed E-state index contributed by atoms with van der Waals surface area (Å²) in [4.78, 5) is 10.5. The van der Waals surface area contributed by atoms with Crippen molar-refractivity contribution in [3.05, 3.63) is 67.4 Å². The van der Waals surface area contributed by atoms with Crippen LogP contribution in [0.5, 0.6) is 0 Å². The topological polar surface area (TPSA) is 55.2 Å². The third-order valence-corrected chi connectivity index (χ3v) is 3.67. The molecule has 0 atom stereocenters. The van der Waals surface area contributed by atoms with Gasteiger partial charge in [-0.15, -0.1) is 0 Å². The van der Waals surface area contributed by atoms with Crippen LogP contribution in [-0.2, 0) is 6.54 Å². The molecule has 0 bridgehead atoms. The minimum atomic E-state index is -0.526. The van der Waals surface area contributed by atoms with Gasteiger partial charge in [0.1, 0.15) is 5.82 Å². The van der Waals surface area contributed by atoms with Crippen LogP contribution in [-0.4, -0.2) is 4.92 Å². The second-order valence-electron chi connectivity index (χ2n) is 4.42. The Morgan fingerprint density at radius 1 is 1.29 bits per heavy atom. The van der Waals surface area contributed by atoms with Crippen LogP contribution in [0.3, 0.4) is 0 Å². The van der Waals surface area contributed by atoms with Crippen LogP contribution in [0.1, 0.15) is 11.1 Å². The zero-order valence-electron chi connectivity index (χ0n) is 11.0. The summed E-state index contributed by atoms with van der Waals surface area (Å²) in [6.07, 6.45) is 0. The lowest BCUT2D eigenvalue weighted by Crippen LogP contribution is -2.04. The Morgan fingerprint density at radius 3 is 2.48 bits per heavy atom. The van der Waals surface area contributed by atoms with Crippen molar-refractivity contribution in [3.63, 3.8) is 0 Å². The molecule has 0 aliphatic rings. The van der Waals surface area contributed by atoms with Crippen molar-refractivity contribution in [3.8, 4) is 0 Å². The summed E-state index contributed by atoms with van der Waals surface area (Å²) in [5.74, 6) is -0.526. The van der Waals surface area contributed by atoms with Gasteiger partial charge in [-0.2, -0.15) is 0 Å². The maximum atomic E-state index is 13.1. The van der Waals surface area contributed by atoms with E-state index >= 15 is 0 Å². The quantitative estimate of drug-likeness (QED) is 0.637. The van der Waals surface area contributed by atoms with E-state index < -0.39 is 10.7 Å². The standard InChI is InChI=1S/C14H11Cl2FN2O2/c1-8-9(3-2-4-13(8)19(20)21)7-18-14-11(15)5-10(17)6-12(14)16/h2-6,18H,7H2,1H3. The third-order valence-electron chi connectivity index (χ3n) is 3.08. The molecule has 0 saturated carbocycles. The smallest absolute Gasteiger partial charge is 0.272 e. The highest BCUT2D eigenvalue weighted by atomic mass is 35.5. The lowest BCUT2D eigenvalue weighted by Gasteiger charge is -2.12. The van der Waals surface area contributed by atoms with Gasteiger partial charge in [-0.1, -0.05) is 35.3 Å². The van der Waals surface area contributed by atoms with Gasteiger partial charge in [0.05, 0.1) is 20.7 Å². The number of nitro groups is 1. The number of halogens is 3. The molecule has 0 unspecified atom stereocenters. The van der Waals surface area contributed by atoms with Gasteiger partial charge in [0, 0.05) is 18.2 Å². The molecule has 1 N–H and O–H groups in total. The molecule has 7 heteroatoms. The first-order valence-corrected chi connectivity index (χ1v) is 6.77. The SMILES string of the molecule is Cc1c(CNc2c(Cl)cc(F)cc2Cl)cccc1[N+](=O)[O-]. The van der Waals surface area contributed by atoms with E-state index in [9.17, 15) is 14.5 Å². The highest BCUT2D eigenvalue weighted by molar-refractivity contribution is 6.39. The van der Waals surface area contributed by atoms with E-state index in [2.05, 4.69) is 5.32 Å². The van der Waals surface area contributed by atoms with Crippen molar-refractivity contribution in [2.75, 3.05) is 5.32 Å². The summed E-state index contributed by atoms with van der Waals surface area (Å²) in [5.41, 5.74) is 1.74. The first-order valence-electron chi connectivity index (χ1n) is 6.01. The molecular formula is C14H11Cl2FN2O2. The van der Waals surface area contributed by atoms with Gasteiger partial charge in [0.25, 0.3) is 5.69 Å². The fourth-order valence-electron chi connectivity index (χ4n) is 1.95. The average molecular weight is 329 g/mol. The highest BCUT2D eigenvalue weighted by Gasteiger charge is 2.14. The molecule has 0 aliphatic carbocycles. The molecule has 0 aliphatic heterocycles. The van der Waals surface area contributed by atoms with Gasteiger partial charge in [0.15, 0.2) is 0 Å². The van der Waals surface area contributed by atoms with E-state index in [1.165, 1.54) is 6.07 Å². The summed E-state index contributed by atoms with van der Waals surface area (Å²) in [6, 6.07) is 7.11. The summed E-state index contributed by atoms with van der Waals surface area (Å²) in [5, 5.41) is 14.2. The first-order chi connectivity index (χ1) is 9.90. The predicted octanol–water partition coefficient (Wildman–Crippen LogP) is 4.96. The van der Waals surface area contributed by atoms with Crippen LogP contribution >= 0.6 is 23.2 Å². The number of nitrogens with one attached hydrogen (secondary N) is 1. The molecule has 0 saturated heterocycles. The molecule has 110 valence electrons. The van der Waals surface area contributed by atoms with Crippen LogP contribution < -0.4 is 5.32 Å². The number of rotatable bonds is 4. The van der Waals surface area contributed by atoms with E-state index in [0.29, 0.717) is 17.8 Å². The van der Waals surface area contributed by atoms with E-state index in [4.69, 9.17) is 23.2 Å².